The quantitative estimate of drug-likeness (QED) is 0.838. The number of hydrogen-bond donors (Lipinski definition) is 1. The summed E-state index contributed by atoms with van der Waals surface area (Å²) < 4.78 is 40.6. The number of alkyl halides is 3. The van der Waals surface area contributed by atoms with Gasteiger partial charge < -0.3 is 9.99 Å². The number of rotatable bonds is 4. The van der Waals surface area contributed by atoms with Gasteiger partial charge in [-0.2, -0.15) is 13.2 Å². The van der Waals surface area contributed by atoms with Crippen LogP contribution in [0.3, 0.4) is 0 Å². The Morgan fingerprint density at radius 1 is 1.25 bits per heavy atom. The van der Waals surface area contributed by atoms with E-state index in [0.717, 1.165) is 32.2 Å². The summed E-state index contributed by atoms with van der Waals surface area (Å²) >= 11 is 0. The van der Waals surface area contributed by atoms with E-state index < -0.39 is 17.6 Å². The first kappa shape index (κ1) is 19.2. The monoisotopic (exact) mass is 361 g/mol. The van der Waals surface area contributed by atoms with Crippen molar-refractivity contribution in [3.05, 3.63) is 34.4 Å². The van der Waals surface area contributed by atoms with Crippen LogP contribution in [0.4, 0.5) is 13.2 Å². The fraction of sp³-hybridized carbons (Fsp3) is 0.562. The average Bonchev–Trinajstić information content (AvgIpc) is 2.50. The van der Waals surface area contributed by atoms with E-state index >= 15 is 0 Å². The fourth-order valence-corrected chi connectivity index (χ4v) is 3.20. The maximum absolute atomic E-state index is 13.5. The molecule has 1 unspecified atom stereocenters. The summed E-state index contributed by atoms with van der Waals surface area (Å²) in [6.07, 6.45) is -4.47. The van der Waals surface area contributed by atoms with Crippen LogP contribution in [0.25, 0.3) is 0 Å². The number of nitrogens with zero attached hydrogens (tertiary/aromatic N) is 2. The molecule has 0 aliphatic carbocycles. The van der Waals surface area contributed by atoms with Crippen molar-refractivity contribution in [1.29, 1.82) is 0 Å². The van der Waals surface area contributed by atoms with E-state index in [2.05, 4.69) is 9.99 Å². The summed E-state index contributed by atoms with van der Waals surface area (Å²) in [6, 6.07) is 2.53. The van der Waals surface area contributed by atoms with Crippen LogP contribution in [0.2, 0.25) is 0 Å². The number of likely N-dealkylation sites (N-methyl/N-ethyl adjacent to an activating group) is 1. The standard InChI is InChI=1S/C16H23F3N3OP/c1-11-8-12(15(23)20-24-3)9-14(16(17,18)19)13(11)10-22-6-4-21(2)5-7-22/h8-9,24H,4-7,10H2,1-3H3,(H,20,23). The third kappa shape index (κ3) is 4.68. The van der Waals surface area contributed by atoms with E-state index in [1.807, 2.05) is 11.9 Å². The Kier molecular flexibility index (Phi) is 6.23. The van der Waals surface area contributed by atoms with E-state index in [1.54, 1.807) is 19.7 Å². The molecule has 1 atom stereocenters. The molecule has 1 heterocycles. The highest BCUT2D eigenvalue weighted by molar-refractivity contribution is 7.35. The Labute approximate surface area is 142 Å². The first-order chi connectivity index (χ1) is 11.2. The number of benzene rings is 1. The van der Waals surface area contributed by atoms with Crippen molar-refractivity contribution < 1.29 is 18.0 Å². The first-order valence-corrected chi connectivity index (χ1v) is 9.31. The average molecular weight is 361 g/mol. The van der Waals surface area contributed by atoms with Crippen molar-refractivity contribution in [2.24, 2.45) is 0 Å². The van der Waals surface area contributed by atoms with Crippen molar-refractivity contribution in [2.75, 3.05) is 39.9 Å². The van der Waals surface area contributed by atoms with Gasteiger partial charge in [0.05, 0.1) is 5.56 Å². The van der Waals surface area contributed by atoms with Gasteiger partial charge in [-0.15, -0.1) is 0 Å². The smallest absolute Gasteiger partial charge is 0.334 e. The number of amides is 1. The number of hydrogen-bond acceptors (Lipinski definition) is 3. The van der Waals surface area contributed by atoms with E-state index in [0.29, 0.717) is 5.56 Å². The number of piperazine rings is 1. The van der Waals surface area contributed by atoms with Gasteiger partial charge in [-0.1, -0.05) is 0 Å². The molecule has 4 nitrogen and oxygen atoms in total. The number of carbonyl (C=O) groups excluding carboxylic acids is 1. The molecular formula is C16H23F3N3OP. The lowest BCUT2D eigenvalue weighted by Gasteiger charge is -2.33. The molecule has 1 amide bonds. The zero-order valence-corrected chi connectivity index (χ0v) is 15.1. The molecular weight excluding hydrogens is 338 g/mol. The topological polar surface area (TPSA) is 35.6 Å². The fourth-order valence-electron chi connectivity index (χ4n) is 2.83. The molecule has 8 heteroatoms. The normalized spacial score (nSPS) is 17.6. The molecule has 1 saturated heterocycles. The minimum atomic E-state index is -4.47. The minimum absolute atomic E-state index is 0.0660. The lowest BCUT2D eigenvalue weighted by atomic mass is 9.97. The molecule has 0 saturated carbocycles. The summed E-state index contributed by atoms with van der Waals surface area (Å²) in [4.78, 5) is 16.1. The van der Waals surface area contributed by atoms with Crippen molar-refractivity contribution in [1.82, 2.24) is 14.9 Å². The molecule has 134 valence electrons. The molecule has 1 aliphatic rings. The van der Waals surface area contributed by atoms with Crippen molar-refractivity contribution >= 4 is 14.6 Å². The van der Waals surface area contributed by atoms with Crippen LogP contribution in [0.15, 0.2) is 12.1 Å². The molecule has 0 spiro atoms. The summed E-state index contributed by atoms with van der Waals surface area (Å²) in [5, 5.41) is 2.58. The molecule has 1 fully saturated rings. The van der Waals surface area contributed by atoms with Gasteiger partial charge in [0, 0.05) is 38.3 Å². The third-order valence-electron chi connectivity index (χ3n) is 4.26. The highest BCUT2D eigenvalue weighted by Gasteiger charge is 2.35. The SMILES string of the molecule is CPNC(=O)c1cc(C)c(CN2CCN(C)CC2)c(C(F)(F)F)c1. The third-order valence-corrected chi connectivity index (χ3v) is 4.73. The van der Waals surface area contributed by atoms with Crippen LogP contribution < -0.4 is 5.09 Å². The van der Waals surface area contributed by atoms with Gasteiger partial charge in [-0.25, -0.2) is 0 Å². The molecule has 24 heavy (non-hydrogen) atoms. The Morgan fingerprint density at radius 2 is 1.88 bits per heavy atom. The van der Waals surface area contributed by atoms with Gasteiger partial charge in [-0.05, 0) is 52.6 Å². The summed E-state index contributed by atoms with van der Waals surface area (Å²) in [5.74, 6) is -0.462. The molecule has 1 aliphatic heterocycles. The van der Waals surface area contributed by atoms with Crippen LogP contribution in [0, 0.1) is 6.92 Å². The molecule has 2 rings (SSSR count). The lowest BCUT2D eigenvalue weighted by Crippen LogP contribution is -2.44. The summed E-state index contributed by atoms with van der Waals surface area (Å²) in [7, 11) is 2.15. The van der Waals surface area contributed by atoms with Crippen LogP contribution in [-0.4, -0.2) is 55.6 Å². The molecule has 0 aromatic heterocycles. The Morgan fingerprint density at radius 3 is 2.42 bits per heavy atom. The van der Waals surface area contributed by atoms with E-state index in [1.165, 1.54) is 0 Å². The van der Waals surface area contributed by atoms with Crippen LogP contribution in [-0.2, 0) is 12.7 Å². The number of halogens is 3. The predicted octanol–water partition coefficient (Wildman–Crippen LogP) is 2.71. The zero-order valence-electron chi connectivity index (χ0n) is 14.1. The van der Waals surface area contributed by atoms with Crippen LogP contribution in [0.5, 0.6) is 0 Å². The van der Waals surface area contributed by atoms with Crippen molar-refractivity contribution in [2.45, 2.75) is 19.6 Å². The largest absolute Gasteiger partial charge is 0.416 e. The number of aryl methyl sites for hydroxylation is 1. The Balaban J connectivity index is 2.34. The number of carbonyl (C=O) groups is 1. The van der Waals surface area contributed by atoms with Gasteiger partial charge in [0.1, 0.15) is 0 Å². The highest BCUT2D eigenvalue weighted by Crippen LogP contribution is 2.35. The van der Waals surface area contributed by atoms with Crippen molar-refractivity contribution in [3.63, 3.8) is 0 Å². The van der Waals surface area contributed by atoms with Crippen LogP contribution >= 0.6 is 8.73 Å². The molecule has 0 bridgehead atoms. The zero-order chi connectivity index (χ0) is 17.9. The molecule has 1 aromatic carbocycles. The Bertz CT molecular complexity index is 599. The van der Waals surface area contributed by atoms with Gasteiger partial charge in [0.2, 0.25) is 0 Å². The maximum atomic E-state index is 13.5. The summed E-state index contributed by atoms with van der Waals surface area (Å²) in [5.41, 5.74) is 0.137. The predicted molar refractivity (Wildman–Crippen MR) is 90.7 cm³/mol. The van der Waals surface area contributed by atoms with Gasteiger partial charge in [0.15, 0.2) is 0 Å². The second kappa shape index (κ2) is 7.81. The second-order valence-corrected chi connectivity index (χ2v) is 6.85. The highest BCUT2D eigenvalue weighted by atomic mass is 31.1. The first-order valence-electron chi connectivity index (χ1n) is 7.81. The summed E-state index contributed by atoms with van der Waals surface area (Å²) in [6.45, 7) is 6.84. The van der Waals surface area contributed by atoms with Gasteiger partial charge >= 0.3 is 6.18 Å². The van der Waals surface area contributed by atoms with Gasteiger partial charge in [0.25, 0.3) is 5.91 Å². The molecule has 0 radical (unpaired) electrons. The molecule has 1 N–H and O–H groups in total. The number of nitrogens with one attached hydrogen (secondary N) is 1. The lowest BCUT2D eigenvalue weighted by molar-refractivity contribution is -0.138. The van der Waals surface area contributed by atoms with E-state index in [-0.39, 0.29) is 26.4 Å². The maximum Gasteiger partial charge on any atom is 0.416 e. The van der Waals surface area contributed by atoms with Crippen LogP contribution in [0.1, 0.15) is 27.0 Å². The Hall–Kier alpha value is -1.17. The minimum Gasteiger partial charge on any atom is -0.334 e. The van der Waals surface area contributed by atoms with E-state index in [4.69, 9.17) is 0 Å². The van der Waals surface area contributed by atoms with Crippen molar-refractivity contribution in [3.8, 4) is 0 Å². The molecule has 1 aromatic rings. The van der Waals surface area contributed by atoms with Gasteiger partial charge in [-0.3, -0.25) is 9.69 Å². The van der Waals surface area contributed by atoms with E-state index in [9.17, 15) is 18.0 Å². The second-order valence-electron chi connectivity index (χ2n) is 6.10.